The van der Waals surface area contributed by atoms with Crippen molar-refractivity contribution in [1.29, 1.82) is 0 Å². The third kappa shape index (κ3) is 4.35. The van der Waals surface area contributed by atoms with E-state index in [1.54, 1.807) is 30.5 Å². The first-order chi connectivity index (χ1) is 16.4. The van der Waals surface area contributed by atoms with Crippen molar-refractivity contribution in [2.24, 2.45) is 0 Å². The van der Waals surface area contributed by atoms with Crippen LogP contribution in [0.3, 0.4) is 0 Å². The first kappa shape index (κ1) is 22.0. The summed E-state index contributed by atoms with van der Waals surface area (Å²) in [6.07, 6.45) is 1.73. The Balaban J connectivity index is 1.36. The summed E-state index contributed by atoms with van der Waals surface area (Å²) >= 11 is 0. The Morgan fingerprint density at radius 1 is 1.03 bits per heavy atom. The van der Waals surface area contributed by atoms with Crippen LogP contribution in [0.25, 0.3) is 22.3 Å². The highest BCUT2D eigenvalue weighted by atomic mass is 32.2. The van der Waals surface area contributed by atoms with Crippen molar-refractivity contribution in [2.45, 2.75) is 6.92 Å². The van der Waals surface area contributed by atoms with Gasteiger partial charge >= 0.3 is 0 Å². The number of fused-ring (bicyclic) bond motifs is 1. The molecule has 4 aromatic rings. The summed E-state index contributed by atoms with van der Waals surface area (Å²) < 4.78 is 30.7. The number of sulfonamides is 1. The maximum absolute atomic E-state index is 12.8. The number of nitrogens with zero attached hydrogens (tertiary/aromatic N) is 3. The summed E-state index contributed by atoms with van der Waals surface area (Å²) in [6.45, 7) is 2.58. The lowest BCUT2D eigenvalue weighted by atomic mass is 10.0. The normalized spacial score (nSPS) is 15.3. The number of anilines is 2. The molecule has 1 N–H and O–H groups in total. The number of aromatic nitrogens is 2. The number of ether oxygens (including phenoxy) is 1. The van der Waals surface area contributed by atoms with Crippen molar-refractivity contribution < 1.29 is 17.9 Å². The molecular weight excluding hydrogens is 452 g/mol. The zero-order chi connectivity index (χ0) is 23.7. The van der Waals surface area contributed by atoms with Gasteiger partial charge in [-0.15, -0.1) is 0 Å². The fourth-order valence-electron chi connectivity index (χ4n) is 3.87. The van der Waals surface area contributed by atoms with Gasteiger partial charge in [-0.05, 0) is 73.2 Å². The molecule has 3 heterocycles. The van der Waals surface area contributed by atoms with Gasteiger partial charge in [0.25, 0.3) is 15.9 Å². The molecule has 0 unspecified atom stereocenters. The number of hydrogen-bond donors (Lipinski definition) is 1. The first-order valence-electron chi connectivity index (χ1n) is 10.7. The number of rotatable bonds is 4. The number of carbonyl (C=O) groups is 1. The summed E-state index contributed by atoms with van der Waals surface area (Å²) in [5.74, 6) is -0.630. The van der Waals surface area contributed by atoms with Crippen molar-refractivity contribution in [3.63, 3.8) is 0 Å². The predicted molar refractivity (Wildman–Crippen MR) is 131 cm³/mol. The summed E-state index contributed by atoms with van der Waals surface area (Å²) in [7, 11) is -3.51. The van der Waals surface area contributed by atoms with Gasteiger partial charge in [-0.25, -0.2) is 13.4 Å². The number of nitrogens with one attached hydrogen (secondary N) is 1. The Kier molecular flexibility index (Phi) is 5.72. The zero-order valence-corrected chi connectivity index (χ0v) is 19.2. The van der Waals surface area contributed by atoms with Crippen LogP contribution >= 0.6 is 0 Å². The van der Waals surface area contributed by atoms with E-state index in [-0.39, 0.29) is 18.4 Å². The highest BCUT2D eigenvalue weighted by Crippen LogP contribution is 2.27. The minimum absolute atomic E-state index is 0.249. The Hall–Kier alpha value is -3.82. The second kappa shape index (κ2) is 8.85. The van der Waals surface area contributed by atoms with Crippen LogP contribution in [0.4, 0.5) is 11.4 Å². The van der Waals surface area contributed by atoms with Gasteiger partial charge in [-0.3, -0.25) is 14.1 Å². The van der Waals surface area contributed by atoms with Crippen LogP contribution in [-0.2, 0) is 14.8 Å². The summed E-state index contributed by atoms with van der Waals surface area (Å²) in [5, 5.41) is 2.92. The minimum atomic E-state index is -3.51. The molecule has 8 nitrogen and oxygen atoms in total. The van der Waals surface area contributed by atoms with Crippen molar-refractivity contribution in [2.75, 3.05) is 28.7 Å². The van der Waals surface area contributed by atoms with Crippen LogP contribution in [0.1, 0.15) is 15.9 Å². The summed E-state index contributed by atoms with van der Waals surface area (Å²) in [5.41, 5.74) is 5.93. The highest BCUT2D eigenvalue weighted by Gasteiger charge is 2.26. The molecule has 1 fully saturated rings. The molecule has 0 saturated carbocycles. The molecule has 1 aliphatic rings. The standard InChI is InChI=1S/C25H22N4O4S/c1-17-4-7-19(15-21(17)22-10-11-23-24(28-22)3-2-12-26-23)27-25(30)18-5-8-20(9-6-18)29-13-14-33-16-34(29,31)32/h2-12,15H,13-14,16H2,1H3,(H,27,30). The van der Waals surface area contributed by atoms with Crippen LogP contribution in [0, 0.1) is 6.92 Å². The van der Waals surface area contributed by atoms with Crippen molar-refractivity contribution >= 4 is 38.3 Å². The molecule has 0 aliphatic carbocycles. The Bertz CT molecular complexity index is 1490. The maximum Gasteiger partial charge on any atom is 0.259 e. The molecule has 9 heteroatoms. The molecule has 1 aliphatic heterocycles. The van der Waals surface area contributed by atoms with E-state index in [9.17, 15) is 13.2 Å². The number of benzene rings is 2. The zero-order valence-electron chi connectivity index (χ0n) is 18.4. The summed E-state index contributed by atoms with van der Waals surface area (Å²) in [4.78, 5) is 21.9. The third-order valence-electron chi connectivity index (χ3n) is 5.65. The maximum atomic E-state index is 12.8. The van der Waals surface area contributed by atoms with Crippen LogP contribution in [0.15, 0.2) is 72.9 Å². The molecule has 172 valence electrons. The molecule has 0 atom stereocenters. The Morgan fingerprint density at radius 3 is 2.65 bits per heavy atom. The highest BCUT2D eigenvalue weighted by molar-refractivity contribution is 7.92. The molecular formula is C25H22N4O4S. The van der Waals surface area contributed by atoms with E-state index in [1.807, 2.05) is 49.4 Å². The fraction of sp³-hybridized carbons (Fsp3) is 0.160. The molecule has 0 bridgehead atoms. The van der Waals surface area contributed by atoms with E-state index in [4.69, 9.17) is 9.72 Å². The van der Waals surface area contributed by atoms with E-state index in [2.05, 4.69) is 10.3 Å². The summed E-state index contributed by atoms with van der Waals surface area (Å²) in [6, 6.07) is 19.8. The first-order valence-corrected chi connectivity index (χ1v) is 12.3. The van der Waals surface area contributed by atoms with E-state index in [0.717, 1.165) is 27.9 Å². The van der Waals surface area contributed by atoms with Crippen molar-refractivity contribution in [3.05, 3.63) is 84.1 Å². The van der Waals surface area contributed by atoms with Crippen LogP contribution in [0.2, 0.25) is 0 Å². The molecule has 2 aromatic carbocycles. The van der Waals surface area contributed by atoms with Gasteiger partial charge in [0, 0.05) is 23.0 Å². The Morgan fingerprint density at radius 2 is 1.85 bits per heavy atom. The predicted octanol–water partition coefficient (Wildman–Crippen LogP) is 3.98. The van der Waals surface area contributed by atoms with Crippen LogP contribution in [-0.4, -0.2) is 43.4 Å². The van der Waals surface area contributed by atoms with Gasteiger partial charge in [0.2, 0.25) is 0 Å². The van der Waals surface area contributed by atoms with E-state index in [1.165, 1.54) is 4.31 Å². The number of pyridine rings is 2. The largest absolute Gasteiger partial charge is 0.362 e. The van der Waals surface area contributed by atoms with Gasteiger partial charge in [0.1, 0.15) is 0 Å². The SMILES string of the molecule is Cc1ccc(NC(=O)c2ccc(N3CCOCS3(=O)=O)cc2)cc1-c1ccc2ncccc2n1. The van der Waals surface area contributed by atoms with E-state index < -0.39 is 10.0 Å². The van der Waals surface area contributed by atoms with Crippen molar-refractivity contribution in [1.82, 2.24) is 9.97 Å². The lowest BCUT2D eigenvalue weighted by molar-refractivity contribution is 0.102. The molecule has 34 heavy (non-hydrogen) atoms. The molecule has 1 saturated heterocycles. The number of hydrogen-bond acceptors (Lipinski definition) is 6. The number of aryl methyl sites for hydroxylation is 1. The number of amides is 1. The quantitative estimate of drug-likeness (QED) is 0.480. The smallest absolute Gasteiger partial charge is 0.259 e. The molecule has 5 rings (SSSR count). The molecule has 1 amide bonds. The van der Waals surface area contributed by atoms with E-state index in [0.29, 0.717) is 23.5 Å². The van der Waals surface area contributed by atoms with Crippen molar-refractivity contribution in [3.8, 4) is 11.3 Å². The average Bonchev–Trinajstić information content (AvgIpc) is 2.85. The Labute approximate surface area is 197 Å². The van der Waals surface area contributed by atoms with Crippen LogP contribution < -0.4 is 9.62 Å². The topological polar surface area (TPSA) is 101 Å². The van der Waals surface area contributed by atoms with Gasteiger partial charge in [0.15, 0.2) is 5.94 Å². The van der Waals surface area contributed by atoms with Crippen LogP contribution in [0.5, 0.6) is 0 Å². The monoisotopic (exact) mass is 474 g/mol. The van der Waals surface area contributed by atoms with Gasteiger partial charge < -0.3 is 10.1 Å². The third-order valence-corrected chi connectivity index (χ3v) is 7.18. The molecule has 0 radical (unpaired) electrons. The minimum Gasteiger partial charge on any atom is -0.362 e. The van der Waals surface area contributed by atoms with Gasteiger partial charge in [0.05, 0.1) is 35.6 Å². The second-order valence-electron chi connectivity index (χ2n) is 7.98. The molecule has 0 spiro atoms. The molecule has 2 aromatic heterocycles. The fourth-order valence-corrected chi connectivity index (χ4v) is 5.12. The lowest BCUT2D eigenvalue weighted by Crippen LogP contribution is -2.41. The average molecular weight is 475 g/mol. The lowest BCUT2D eigenvalue weighted by Gasteiger charge is -2.28. The van der Waals surface area contributed by atoms with Gasteiger partial charge in [-0.1, -0.05) is 6.07 Å². The van der Waals surface area contributed by atoms with E-state index >= 15 is 0 Å². The van der Waals surface area contributed by atoms with Gasteiger partial charge in [-0.2, -0.15) is 0 Å². The number of carbonyl (C=O) groups excluding carboxylic acids is 1. The second-order valence-corrected chi connectivity index (χ2v) is 9.82.